The van der Waals surface area contributed by atoms with Gasteiger partial charge in [-0.15, -0.1) is 10.3 Å². The number of nitrogens with one attached hydrogen (secondary N) is 1. The number of hydrogen-bond acceptors (Lipinski definition) is 9. The quantitative estimate of drug-likeness (QED) is 0.778. The van der Waals surface area contributed by atoms with Crippen molar-refractivity contribution in [2.24, 2.45) is 10.2 Å². The third kappa shape index (κ3) is 3.65. The summed E-state index contributed by atoms with van der Waals surface area (Å²) in [7, 11) is 0. The molecule has 4 N–H and O–H groups in total. The van der Waals surface area contributed by atoms with Crippen molar-refractivity contribution in [3.8, 4) is 0 Å². The van der Waals surface area contributed by atoms with Gasteiger partial charge >= 0.3 is 6.09 Å². The van der Waals surface area contributed by atoms with E-state index in [1.165, 1.54) is 6.07 Å². The molecule has 0 saturated carbocycles. The maximum atomic E-state index is 11.5. The number of anilines is 3. The van der Waals surface area contributed by atoms with E-state index in [1.54, 1.807) is 19.1 Å². The number of nitrogens with two attached hydrogens (primary N) is 1. The van der Waals surface area contributed by atoms with Gasteiger partial charge < -0.3 is 10.5 Å². The molecule has 0 spiro atoms. The fourth-order valence-electron chi connectivity index (χ4n) is 2.18. The van der Waals surface area contributed by atoms with Gasteiger partial charge in [0.05, 0.1) is 6.61 Å². The van der Waals surface area contributed by atoms with Crippen molar-refractivity contribution in [3.05, 3.63) is 42.0 Å². The monoisotopic (exact) mass is 344 g/mol. The largest absolute Gasteiger partial charge is 0.450 e. The summed E-state index contributed by atoms with van der Waals surface area (Å²) in [5.41, 5.74) is 6.74. The Morgan fingerprint density at radius 1 is 1.44 bits per heavy atom. The van der Waals surface area contributed by atoms with Crippen molar-refractivity contribution in [1.29, 1.82) is 0 Å². The van der Waals surface area contributed by atoms with Gasteiger partial charge in [-0.05, 0) is 6.92 Å². The molecule has 0 radical (unpaired) electrons. The van der Waals surface area contributed by atoms with Gasteiger partial charge in [0.25, 0.3) is 0 Å². The summed E-state index contributed by atoms with van der Waals surface area (Å²) >= 11 is 0. The number of hydrogen-bond donors (Lipinski definition) is 3. The van der Waals surface area contributed by atoms with Gasteiger partial charge in [-0.1, -0.05) is 30.3 Å². The van der Waals surface area contributed by atoms with Crippen LogP contribution in [0.3, 0.4) is 0 Å². The van der Waals surface area contributed by atoms with Crippen LogP contribution >= 0.6 is 0 Å². The van der Waals surface area contributed by atoms with E-state index < -0.39 is 12.3 Å². The van der Waals surface area contributed by atoms with Crippen molar-refractivity contribution in [2.45, 2.75) is 13.2 Å². The van der Waals surface area contributed by atoms with Gasteiger partial charge in [0.1, 0.15) is 11.5 Å². The zero-order valence-corrected chi connectivity index (χ0v) is 13.3. The highest BCUT2D eigenvalue weighted by Crippen LogP contribution is 2.40. The Hall–Kier alpha value is -3.24. The zero-order chi connectivity index (χ0) is 17.8. The zero-order valence-electron chi connectivity index (χ0n) is 13.3. The Balaban J connectivity index is 1.91. The predicted molar refractivity (Wildman–Crippen MR) is 88.3 cm³/mol. The number of amides is 1. The number of aromatic nitrogens is 1. The van der Waals surface area contributed by atoms with Gasteiger partial charge in [-0.3, -0.25) is 10.5 Å². The minimum absolute atomic E-state index is 0.0246. The number of rotatable bonds is 3. The average molecular weight is 344 g/mol. The van der Waals surface area contributed by atoms with E-state index >= 15 is 0 Å². The van der Waals surface area contributed by atoms with Crippen molar-refractivity contribution < 1.29 is 19.6 Å². The van der Waals surface area contributed by atoms with Crippen molar-refractivity contribution in [3.63, 3.8) is 0 Å². The molecule has 130 valence electrons. The second-order valence-corrected chi connectivity index (χ2v) is 4.96. The number of azo groups is 1. The number of carbonyl (C=O) groups is 1. The second kappa shape index (κ2) is 7.11. The molecule has 1 amide bonds. The van der Waals surface area contributed by atoms with Crippen molar-refractivity contribution in [1.82, 2.24) is 4.98 Å². The molecule has 2 heterocycles. The molecule has 0 bridgehead atoms. The summed E-state index contributed by atoms with van der Waals surface area (Å²) in [4.78, 5) is 20.9. The molecule has 0 saturated heterocycles. The molecule has 0 fully saturated rings. The van der Waals surface area contributed by atoms with Gasteiger partial charge in [-0.25, -0.2) is 14.6 Å². The van der Waals surface area contributed by atoms with Crippen LogP contribution in [0.2, 0.25) is 0 Å². The molecule has 0 aliphatic carbocycles. The highest BCUT2D eigenvalue weighted by Gasteiger charge is 2.25. The number of pyridine rings is 1. The van der Waals surface area contributed by atoms with E-state index in [4.69, 9.17) is 15.3 Å². The lowest BCUT2D eigenvalue weighted by Gasteiger charge is -2.19. The summed E-state index contributed by atoms with van der Waals surface area (Å²) in [6.07, 6.45) is -1.54. The first kappa shape index (κ1) is 16.6. The molecule has 10 nitrogen and oxygen atoms in total. The minimum Gasteiger partial charge on any atom is -0.450 e. The fourth-order valence-corrected chi connectivity index (χ4v) is 2.18. The van der Waals surface area contributed by atoms with Gasteiger partial charge in [0.2, 0.25) is 6.23 Å². The number of carbonyl (C=O) groups excluding carboxylic acids is 1. The Bertz CT molecular complexity index is 798. The summed E-state index contributed by atoms with van der Waals surface area (Å²) < 4.78 is 4.78. The molecule has 1 aliphatic heterocycles. The summed E-state index contributed by atoms with van der Waals surface area (Å²) in [5.74, 6) is 0.0136. The minimum atomic E-state index is -0.862. The van der Waals surface area contributed by atoms with Crippen LogP contribution in [0.15, 0.2) is 46.6 Å². The van der Waals surface area contributed by atoms with Crippen LogP contribution in [-0.2, 0) is 9.57 Å². The normalized spacial score (nSPS) is 16.1. The van der Waals surface area contributed by atoms with Crippen LogP contribution < -0.4 is 16.3 Å². The average Bonchev–Trinajstić information content (AvgIpc) is 2.75. The molecule has 1 atom stereocenters. The summed E-state index contributed by atoms with van der Waals surface area (Å²) in [6, 6.07) is 10.4. The predicted octanol–water partition coefficient (Wildman–Crippen LogP) is 3.16. The lowest BCUT2D eigenvalue weighted by molar-refractivity contribution is -0.0826. The molecule has 10 heteroatoms. The van der Waals surface area contributed by atoms with E-state index in [-0.39, 0.29) is 29.6 Å². The van der Waals surface area contributed by atoms with Crippen LogP contribution in [-0.4, -0.2) is 22.9 Å². The summed E-state index contributed by atoms with van der Waals surface area (Å²) in [6.45, 7) is 1.89. The maximum absolute atomic E-state index is 11.5. The third-order valence-electron chi connectivity index (χ3n) is 3.25. The van der Waals surface area contributed by atoms with Crippen LogP contribution in [0.25, 0.3) is 0 Å². The first-order chi connectivity index (χ1) is 12.1. The lowest BCUT2D eigenvalue weighted by Crippen LogP contribution is -2.22. The lowest BCUT2D eigenvalue weighted by atomic mass is 10.2. The topological polar surface area (TPSA) is 135 Å². The van der Waals surface area contributed by atoms with E-state index in [2.05, 4.69) is 20.5 Å². The van der Waals surface area contributed by atoms with Crippen LogP contribution in [0.5, 0.6) is 0 Å². The standard InChI is InChI=1S/C15H16N6O4/c1-2-24-15(22)18-11-8-10-12(13(16)17-11)21(23)25-14(20-19-10)9-6-4-3-5-7-9/h3-8,14,23H,2H2,1H3,(H3,16,17,18,22). The molecular weight excluding hydrogens is 328 g/mol. The van der Waals surface area contributed by atoms with E-state index in [0.29, 0.717) is 10.8 Å². The molecule has 1 unspecified atom stereocenters. The molecular formula is C15H16N6O4. The van der Waals surface area contributed by atoms with Crippen molar-refractivity contribution >= 4 is 29.1 Å². The van der Waals surface area contributed by atoms with Gasteiger partial charge in [0.15, 0.2) is 11.5 Å². The Morgan fingerprint density at radius 2 is 2.20 bits per heavy atom. The van der Waals surface area contributed by atoms with Gasteiger partial charge in [-0.2, -0.15) is 5.11 Å². The number of nitrogen functional groups attached to an aromatic ring is 1. The highest BCUT2D eigenvalue weighted by molar-refractivity contribution is 5.87. The first-order valence-electron chi connectivity index (χ1n) is 7.44. The smallest absolute Gasteiger partial charge is 0.412 e. The highest BCUT2D eigenvalue weighted by atomic mass is 16.9. The number of fused-ring (bicyclic) bond motifs is 1. The SMILES string of the molecule is CCOC(=O)Nc1cc2c(c(N)n1)N(O)OC(c1ccccc1)N=N2. The van der Waals surface area contributed by atoms with E-state index in [9.17, 15) is 10.0 Å². The number of ether oxygens (including phenoxy) is 1. The van der Waals surface area contributed by atoms with E-state index in [0.717, 1.165) is 0 Å². The third-order valence-corrected chi connectivity index (χ3v) is 3.25. The molecule has 2 aromatic rings. The Labute approximate surface area is 142 Å². The van der Waals surface area contributed by atoms with Crippen LogP contribution in [0.4, 0.5) is 27.8 Å². The molecule has 3 rings (SSSR count). The first-order valence-corrected chi connectivity index (χ1v) is 7.44. The van der Waals surface area contributed by atoms with Crippen molar-refractivity contribution in [2.75, 3.05) is 22.9 Å². The summed E-state index contributed by atoms with van der Waals surface area (Å²) in [5, 5.41) is 21.2. The number of benzene rings is 1. The molecule has 1 aromatic carbocycles. The van der Waals surface area contributed by atoms with Crippen LogP contribution in [0.1, 0.15) is 18.7 Å². The molecule has 1 aromatic heterocycles. The molecule has 1 aliphatic rings. The van der Waals surface area contributed by atoms with Gasteiger partial charge in [0, 0.05) is 11.6 Å². The Morgan fingerprint density at radius 3 is 2.92 bits per heavy atom. The number of nitrogens with zero attached hydrogens (tertiary/aromatic N) is 4. The van der Waals surface area contributed by atoms with E-state index in [1.807, 2.05) is 18.2 Å². The fraction of sp³-hybridized carbons (Fsp3) is 0.200. The maximum Gasteiger partial charge on any atom is 0.412 e. The second-order valence-electron chi connectivity index (χ2n) is 4.96. The van der Waals surface area contributed by atoms with Crippen LogP contribution in [0, 0.1) is 0 Å². The molecule has 25 heavy (non-hydrogen) atoms. The Kier molecular flexibility index (Phi) is 4.73.